The number of aliphatic hydroxyl groups is 1. The maximum absolute atomic E-state index is 11.6. The van der Waals surface area contributed by atoms with Gasteiger partial charge in [-0.15, -0.1) is 11.3 Å². The summed E-state index contributed by atoms with van der Waals surface area (Å²) >= 11 is 1.57. The minimum atomic E-state index is -0.341. The first-order chi connectivity index (χ1) is 11.2. The molecule has 2 heterocycles. The van der Waals surface area contributed by atoms with Crippen LogP contribution in [0.1, 0.15) is 28.9 Å². The minimum absolute atomic E-state index is 0.207. The van der Waals surface area contributed by atoms with Crippen LogP contribution in [0.2, 0.25) is 0 Å². The summed E-state index contributed by atoms with van der Waals surface area (Å²) in [6.07, 6.45) is 2.18. The smallest absolute Gasteiger partial charge is 0.337 e. The molecule has 122 valence electrons. The molecule has 1 atom stereocenters. The Labute approximate surface area is 139 Å². The molecule has 0 unspecified atom stereocenters. The number of ether oxygens (including phenoxy) is 1. The lowest BCUT2D eigenvalue weighted by Gasteiger charge is -2.21. The normalized spacial score (nSPS) is 18.3. The van der Waals surface area contributed by atoms with Crippen LogP contribution >= 0.6 is 11.3 Å². The fourth-order valence-corrected chi connectivity index (χ4v) is 3.74. The summed E-state index contributed by atoms with van der Waals surface area (Å²) in [4.78, 5) is 18.6. The van der Waals surface area contributed by atoms with E-state index < -0.39 is 0 Å². The van der Waals surface area contributed by atoms with E-state index in [0.29, 0.717) is 5.56 Å². The van der Waals surface area contributed by atoms with Gasteiger partial charge in [0.1, 0.15) is 5.01 Å². The molecular weight excluding hydrogens is 312 g/mol. The van der Waals surface area contributed by atoms with Crippen molar-refractivity contribution in [2.24, 2.45) is 0 Å². The summed E-state index contributed by atoms with van der Waals surface area (Å²) < 4.78 is 4.76. The molecule has 1 N–H and O–H groups in total. The third-order valence-electron chi connectivity index (χ3n) is 4.16. The van der Waals surface area contributed by atoms with Crippen molar-refractivity contribution in [3.63, 3.8) is 0 Å². The molecule has 5 nitrogen and oxygen atoms in total. The van der Waals surface area contributed by atoms with E-state index in [4.69, 9.17) is 4.74 Å². The molecule has 3 rings (SSSR count). The molecule has 0 aliphatic carbocycles. The van der Waals surface area contributed by atoms with Gasteiger partial charge in [-0.3, -0.25) is 4.90 Å². The fourth-order valence-electron chi connectivity index (χ4n) is 2.93. The Morgan fingerprint density at radius 2 is 2.39 bits per heavy atom. The number of methoxy groups -OCH3 is 1. The Bertz CT molecular complexity index is 686. The van der Waals surface area contributed by atoms with Gasteiger partial charge in [-0.2, -0.15) is 0 Å². The minimum Gasteiger partial charge on any atom is -0.465 e. The van der Waals surface area contributed by atoms with Gasteiger partial charge < -0.3 is 9.84 Å². The van der Waals surface area contributed by atoms with Gasteiger partial charge >= 0.3 is 5.97 Å². The van der Waals surface area contributed by atoms with Crippen molar-refractivity contribution < 1.29 is 14.6 Å². The predicted octanol–water partition coefficient (Wildman–Crippen LogP) is 2.55. The van der Waals surface area contributed by atoms with Crippen molar-refractivity contribution in [3.8, 4) is 10.6 Å². The molecule has 0 spiro atoms. The number of benzene rings is 1. The van der Waals surface area contributed by atoms with Crippen molar-refractivity contribution in [1.29, 1.82) is 0 Å². The molecule has 0 amide bonds. The summed E-state index contributed by atoms with van der Waals surface area (Å²) in [5.74, 6) is -0.341. The predicted molar refractivity (Wildman–Crippen MR) is 89.4 cm³/mol. The molecule has 1 aliphatic rings. The van der Waals surface area contributed by atoms with Gasteiger partial charge in [-0.25, -0.2) is 9.78 Å². The van der Waals surface area contributed by atoms with Gasteiger partial charge in [0.05, 0.1) is 25.0 Å². The Balaban J connectivity index is 1.75. The molecule has 0 radical (unpaired) electrons. The lowest BCUT2D eigenvalue weighted by atomic mass is 10.1. The third-order valence-corrected chi connectivity index (χ3v) is 5.10. The Morgan fingerprint density at radius 3 is 3.17 bits per heavy atom. The van der Waals surface area contributed by atoms with E-state index in [0.717, 1.165) is 42.2 Å². The van der Waals surface area contributed by atoms with Crippen LogP contribution in [-0.4, -0.2) is 47.3 Å². The van der Waals surface area contributed by atoms with Crippen LogP contribution < -0.4 is 0 Å². The number of thiazole rings is 1. The average molecular weight is 332 g/mol. The SMILES string of the molecule is COC(=O)c1cccc(-c2nc(CN3CCC[C@@H]3CO)cs2)c1. The van der Waals surface area contributed by atoms with Crippen molar-refractivity contribution in [3.05, 3.63) is 40.9 Å². The first-order valence-electron chi connectivity index (χ1n) is 7.69. The van der Waals surface area contributed by atoms with Crippen LogP contribution in [-0.2, 0) is 11.3 Å². The lowest BCUT2D eigenvalue weighted by molar-refractivity contribution is 0.0601. The number of nitrogens with zero attached hydrogens (tertiary/aromatic N) is 2. The Kier molecular flexibility index (Phi) is 5.05. The maximum Gasteiger partial charge on any atom is 0.337 e. The summed E-state index contributed by atoms with van der Waals surface area (Å²) in [5.41, 5.74) is 2.46. The van der Waals surface area contributed by atoms with Gasteiger partial charge in [-0.1, -0.05) is 12.1 Å². The number of aromatic nitrogens is 1. The van der Waals surface area contributed by atoms with E-state index in [1.54, 1.807) is 23.5 Å². The number of carbonyl (C=O) groups is 1. The first kappa shape index (κ1) is 16.1. The molecule has 1 aromatic carbocycles. The highest BCUT2D eigenvalue weighted by Gasteiger charge is 2.24. The van der Waals surface area contributed by atoms with Gasteiger partial charge in [0.2, 0.25) is 0 Å². The van der Waals surface area contributed by atoms with Crippen molar-refractivity contribution in [2.45, 2.75) is 25.4 Å². The topological polar surface area (TPSA) is 62.7 Å². The van der Waals surface area contributed by atoms with Gasteiger partial charge in [0, 0.05) is 23.5 Å². The lowest BCUT2D eigenvalue weighted by Crippen LogP contribution is -2.31. The maximum atomic E-state index is 11.6. The first-order valence-corrected chi connectivity index (χ1v) is 8.57. The zero-order valence-corrected chi connectivity index (χ0v) is 13.9. The Hall–Kier alpha value is -1.76. The molecule has 1 aromatic heterocycles. The second-order valence-electron chi connectivity index (χ2n) is 5.67. The summed E-state index contributed by atoms with van der Waals surface area (Å²) in [5, 5.41) is 12.3. The van der Waals surface area contributed by atoms with Crippen molar-refractivity contribution in [2.75, 3.05) is 20.3 Å². The fraction of sp³-hybridized carbons (Fsp3) is 0.412. The van der Waals surface area contributed by atoms with Crippen LogP contribution in [0.15, 0.2) is 29.6 Å². The quantitative estimate of drug-likeness (QED) is 0.853. The number of aliphatic hydroxyl groups excluding tert-OH is 1. The molecule has 1 fully saturated rings. The largest absolute Gasteiger partial charge is 0.465 e. The molecule has 0 saturated carbocycles. The van der Waals surface area contributed by atoms with Crippen molar-refractivity contribution in [1.82, 2.24) is 9.88 Å². The van der Waals surface area contributed by atoms with Gasteiger partial charge in [0.15, 0.2) is 0 Å². The van der Waals surface area contributed by atoms with E-state index in [9.17, 15) is 9.90 Å². The second-order valence-corrected chi connectivity index (χ2v) is 6.52. The van der Waals surface area contributed by atoms with Crippen LogP contribution in [0, 0.1) is 0 Å². The zero-order chi connectivity index (χ0) is 16.2. The standard InChI is InChI=1S/C17H20N2O3S/c1-22-17(21)13-5-2-4-12(8-13)16-18-14(11-23-16)9-19-7-3-6-15(19)10-20/h2,4-5,8,11,15,20H,3,6-7,9-10H2,1H3/t15-/m1/s1. The molecule has 6 heteroatoms. The van der Waals surface area contributed by atoms with Gasteiger partial charge in [0.25, 0.3) is 0 Å². The van der Waals surface area contributed by atoms with E-state index >= 15 is 0 Å². The number of hydrogen-bond acceptors (Lipinski definition) is 6. The highest BCUT2D eigenvalue weighted by molar-refractivity contribution is 7.13. The zero-order valence-electron chi connectivity index (χ0n) is 13.1. The van der Waals surface area contributed by atoms with E-state index in [1.165, 1.54) is 7.11 Å². The van der Waals surface area contributed by atoms with Crippen LogP contribution in [0.5, 0.6) is 0 Å². The molecule has 1 saturated heterocycles. The summed E-state index contributed by atoms with van der Waals surface area (Å²) in [7, 11) is 1.38. The van der Waals surface area contributed by atoms with Crippen molar-refractivity contribution >= 4 is 17.3 Å². The number of carbonyl (C=O) groups excluding carboxylic acids is 1. The highest BCUT2D eigenvalue weighted by atomic mass is 32.1. The molecule has 2 aromatic rings. The van der Waals surface area contributed by atoms with E-state index in [2.05, 4.69) is 9.88 Å². The van der Waals surface area contributed by atoms with E-state index in [-0.39, 0.29) is 18.6 Å². The van der Waals surface area contributed by atoms with Crippen LogP contribution in [0.3, 0.4) is 0 Å². The summed E-state index contributed by atoms with van der Waals surface area (Å²) in [6.45, 7) is 1.98. The van der Waals surface area contributed by atoms with Crippen LogP contribution in [0.25, 0.3) is 10.6 Å². The second kappa shape index (κ2) is 7.21. The highest BCUT2D eigenvalue weighted by Crippen LogP contribution is 2.27. The average Bonchev–Trinajstić information content (AvgIpc) is 3.24. The monoisotopic (exact) mass is 332 g/mol. The number of esters is 1. The summed E-state index contributed by atoms with van der Waals surface area (Å²) in [6, 6.07) is 7.58. The van der Waals surface area contributed by atoms with E-state index in [1.807, 2.05) is 17.5 Å². The molecule has 0 bridgehead atoms. The molecule has 1 aliphatic heterocycles. The molecule has 23 heavy (non-hydrogen) atoms. The Morgan fingerprint density at radius 1 is 1.52 bits per heavy atom. The number of hydrogen-bond donors (Lipinski definition) is 1. The number of likely N-dealkylation sites (tertiary alicyclic amines) is 1. The van der Waals surface area contributed by atoms with Crippen LogP contribution in [0.4, 0.5) is 0 Å². The third kappa shape index (κ3) is 3.60. The number of rotatable bonds is 5. The molecular formula is C17H20N2O3S. The van der Waals surface area contributed by atoms with Gasteiger partial charge in [-0.05, 0) is 31.5 Å².